The van der Waals surface area contributed by atoms with Gasteiger partial charge in [-0.1, -0.05) is 48.6 Å². The number of carbonyl (C=O) groups excluding carboxylic acids is 3. The van der Waals surface area contributed by atoms with Crippen LogP contribution in [0.1, 0.15) is 103 Å². The van der Waals surface area contributed by atoms with Crippen molar-refractivity contribution in [2.45, 2.75) is 88.9 Å². The number of hydrogen-bond donors (Lipinski definition) is 4. The van der Waals surface area contributed by atoms with Gasteiger partial charge in [0.15, 0.2) is 17.3 Å². The number of rotatable bonds is 28. The van der Waals surface area contributed by atoms with Crippen LogP contribution in [0.4, 0.5) is 22.7 Å². The zero-order valence-corrected chi connectivity index (χ0v) is 46.9. The number of benzene rings is 6. The first kappa shape index (κ1) is 58.0. The first-order valence-corrected chi connectivity index (χ1v) is 28.3. The Morgan fingerprint density at radius 2 is 0.846 bits per heavy atom. The number of aryl methyl sites for hydroxylation is 2. The normalized spacial score (nSPS) is 12.3. The lowest BCUT2D eigenvalue weighted by Crippen LogP contribution is -2.27. The second-order valence-electron chi connectivity index (χ2n) is 18.7. The summed E-state index contributed by atoms with van der Waals surface area (Å²) < 4.78 is 69.6. The Morgan fingerprint density at radius 1 is 0.513 bits per heavy atom. The second-order valence-corrected chi connectivity index (χ2v) is 21.7. The van der Waals surface area contributed by atoms with E-state index < -0.39 is 27.8 Å². The van der Waals surface area contributed by atoms with Crippen molar-refractivity contribution in [3.05, 3.63) is 167 Å². The third kappa shape index (κ3) is 15.3. The molecule has 6 aromatic rings. The number of nitrogen functional groups attached to an aromatic ring is 2. The third-order valence-electron chi connectivity index (χ3n) is 12.4. The molecule has 2 unspecified atom stereocenters. The summed E-state index contributed by atoms with van der Waals surface area (Å²) >= 11 is 0. The highest BCUT2D eigenvalue weighted by Crippen LogP contribution is 2.49. The van der Waals surface area contributed by atoms with Crippen molar-refractivity contribution in [1.82, 2.24) is 0 Å². The molecular weight excluding hydrogens is 1050 g/mol. The molecule has 0 spiro atoms. The molecule has 1 aliphatic rings. The highest BCUT2D eigenvalue weighted by Gasteiger charge is 2.38. The Hall–Kier alpha value is -7.72. The molecule has 0 aliphatic heterocycles. The number of anilines is 4. The average molecular weight is 1110 g/mol. The van der Waals surface area contributed by atoms with E-state index in [9.17, 15) is 18.0 Å². The molecule has 0 radical (unpaired) electrons. The zero-order valence-electron chi connectivity index (χ0n) is 44.3. The molecule has 0 heterocycles. The van der Waals surface area contributed by atoms with Crippen LogP contribution >= 0.6 is 8.86 Å². The molecule has 408 valence electrons. The molecule has 0 bridgehead atoms. The minimum atomic E-state index is -1.88. The maximum absolute atomic E-state index is 15.4. The summed E-state index contributed by atoms with van der Waals surface area (Å²) in [7, 11) is 0.122. The third-order valence-corrected chi connectivity index (χ3v) is 15.1. The van der Waals surface area contributed by atoms with Crippen LogP contribution in [0.2, 0.25) is 0 Å². The predicted octanol–water partition coefficient (Wildman–Crippen LogP) is 12.7. The average Bonchev–Trinajstić information content (AvgIpc) is 3.45. The number of hydrogen-bond acceptors (Lipinski definition) is 13. The number of ketones is 1. The molecule has 1 aliphatic carbocycles. The second kappa shape index (κ2) is 27.5. The van der Waals surface area contributed by atoms with E-state index in [0.717, 1.165) is 62.5 Å². The minimum Gasteiger partial charge on any atom is -0.494 e. The van der Waals surface area contributed by atoms with Gasteiger partial charge in [0.1, 0.15) is 45.0 Å². The van der Waals surface area contributed by atoms with E-state index in [1.165, 1.54) is 12.1 Å². The lowest BCUT2D eigenvalue weighted by Gasteiger charge is -2.29. The van der Waals surface area contributed by atoms with Gasteiger partial charge in [-0.2, -0.15) is 0 Å². The van der Waals surface area contributed by atoms with Gasteiger partial charge < -0.3 is 49.3 Å². The molecule has 2 atom stereocenters. The lowest BCUT2D eigenvalue weighted by atomic mass is 9.81. The van der Waals surface area contributed by atoms with Gasteiger partial charge in [0.25, 0.3) is 0 Å². The topological polar surface area (TPSA) is 217 Å². The van der Waals surface area contributed by atoms with Gasteiger partial charge in [-0.25, -0.2) is 18.0 Å². The molecule has 0 saturated carbocycles. The molecule has 7 rings (SSSR count). The molecular formula is C60H65N4O11PS2. The quantitative estimate of drug-likeness (QED) is 0.0118. The Balaban J connectivity index is 1.15. The highest BCUT2D eigenvalue weighted by atomic mass is 32.2. The molecule has 0 amide bonds. The van der Waals surface area contributed by atoms with E-state index in [4.69, 9.17) is 39.9 Å². The van der Waals surface area contributed by atoms with Crippen LogP contribution in [-0.2, 0) is 41.0 Å². The van der Waals surface area contributed by atoms with Crippen molar-refractivity contribution < 1.29 is 51.2 Å². The predicted molar refractivity (Wildman–Crippen MR) is 312 cm³/mol. The van der Waals surface area contributed by atoms with Crippen LogP contribution in [0.3, 0.4) is 0 Å². The van der Waals surface area contributed by atoms with Crippen LogP contribution in [0.15, 0.2) is 143 Å². The summed E-state index contributed by atoms with van der Waals surface area (Å²) in [5.41, 5.74) is 17.7. The molecule has 78 heavy (non-hydrogen) atoms. The van der Waals surface area contributed by atoms with Crippen LogP contribution in [0.25, 0.3) is 0 Å². The summed E-state index contributed by atoms with van der Waals surface area (Å²) in [6.07, 6.45) is 6.65. The maximum Gasteiger partial charge on any atom is 0.333 e. The Bertz CT molecular complexity index is 3030. The first-order valence-electron chi connectivity index (χ1n) is 25.5. The van der Waals surface area contributed by atoms with Crippen LogP contribution < -0.4 is 39.9 Å². The van der Waals surface area contributed by atoms with Crippen molar-refractivity contribution in [2.24, 2.45) is 0 Å². The number of nitrogens with one attached hydrogen (secondary N) is 2. The van der Waals surface area contributed by atoms with Gasteiger partial charge in [0.05, 0.1) is 70.1 Å². The lowest BCUT2D eigenvalue weighted by molar-refractivity contribution is -0.139. The van der Waals surface area contributed by atoms with Crippen molar-refractivity contribution in [1.29, 1.82) is 0 Å². The molecule has 0 saturated heterocycles. The van der Waals surface area contributed by atoms with E-state index in [0.29, 0.717) is 70.4 Å². The van der Waals surface area contributed by atoms with Crippen molar-refractivity contribution in [3.63, 3.8) is 0 Å². The molecule has 6 N–H and O–H groups in total. The van der Waals surface area contributed by atoms with Gasteiger partial charge in [-0.15, -0.1) is 8.86 Å². The highest BCUT2D eigenvalue weighted by molar-refractivity contribution is 7.86. The van der Waals surface area contributed by atoms with Crippen LogP contribution in [0, 0.1) is 13.8 Å². The van der Waals surface area contributed by atoms with Crippen LogP contribution in [0.5, 0.6) is 34.5 Å². The fourth-order valence-electron chi connectivity index (χ4n) is 8.09. The summed E-state index contributed by atoms with van der Waals surface area (Å²) in [6, 6.07) is 31.3. The molecule has 0 aromatic heterocycles. The van der Waals surface area contributed by atoms with E-state index in [1.54, 1.807) is 86.6 Å². The van der Waals surface area contributed by atoms with E-state index in [-0.39, 0.29) is 73.7 Å². The Labute approximate surface area is 463 Å². The summed E-state index contributed by atoms with van der Waals surface area (Å²) in [6.45, 7) is 15.9. The van der Waals surface area contributed by atoms with E-state index in [1.807, 2.05) is 38.1 Å². The summed E-state index contributed by atoms with van der Waals surface area (Å²) in [4.78, 5) is 39.5. The smallest absolute Gasteiger partial charge is 0.333 e. The minimum absolute atomic E-state index is 0.0614. The van der Waals surface area contributed by atoms with Gasteiger partial charge >= 0.3 is 11.9 Å². The van der Waals surface area contributed by atoms with Crippen molar-refractivity contribution in [2.75, 3.05) is 47.3 Å². The zero-order chi connectivity index (χ0) is 55.9. The fraction of sp³-hybridized carbons (Fsp3) is 0.267. The van der Waals surface area contributed by atoms with Crippen molar-refractivity contribution >= 4 is 76.6 Å². The number of fused-ring (bicyclic) bond motifs is 2. The molecule has 18 heteroatoms. The summed E-state index contributed by atoms with van der Waals surface area (Å²) in [5.74, 6) is 0.986. The van der Waals surface area contributed by atoms with Gasteiger partial charge in [-0.05, 0) is 152 Å². The van der Waals surface area contributed by atoms with Crippen LogP contribution in [-0.4, -0.2) is 57.9 Å². The largest absolute Gasteiger partial charge is 0.494 e. The first-order chi connectivity index (χ1) is 37.5. The summed E-state index contributed by atoms with van der Waals surface area (Å²) in [5, 5.41) is 0.284. The number of esters is 2. The van der Waals surface area contributed by atoms with Crippen molar-refractivity contribution in [3.8, 4) is 34.5 Å². The monoisotopic (exact) mass is 1110 g/mol. The fourth-order valence-corrected chi connectivity index (χ4v) is 10.3. The van der Waals surface area contributed by atoms with Gasteiger partial charge in [-0.3, -0.25) is 4.79 Å². The standard InChI is InChI=1S/C60H65N4O11PS2/c1-37(2)59(66)72-33-13-9-7-11-31-70-41-19-23-43(24-20-41)74-49-35-47(63-77(68)45-27-15-39(5)16-28-45)51-53(55(49)61)58(76)54-52(57(51)65)48(64-78(69)46-29-17-40(6)18-30-46)36-50(56(54)62)75-44-25-21-42(22-26-44)71-32-12-8-10-14-34-73-60(67)38(3)4/h15-30,35-36,63-64,76H,1,3,7-14,31-34,61-62H2,2,4-6H3. The van der Waals surface area contributed by atoms with E-state index >= 15 is 4.79 Å². The number of unbranched alkanes of at least 4 members (excludes halogenated alkanes) is 6. The molecule has 0 fully saturated rings. The van der Waals surface area contributed by atoms with Gasteiger partial charge in [0, 0.05) is 39.7 Å². The van der Waals surface area contributed by atoms with E-state index in [2.05, 4.69) is 31.5 Å². The Morgan fingerprint density at radius 3 is 1.19 bits per heavy atom. The SMILES string of the molecule is C=C(C)C(=O)OCCCCCCOc1ccc(Oc2cc(NS(=O)c3ccc(C)cc3)c3c(c2N)C(=P)c2c(N)c(Oc4ccc(OCCCCCCOC(=O)C(=C)C)cc4)cc(NS(=O)c4ccc(C)cc4)c2C3=O)cc1. The molecule has 15 nitrogen and oxygen atoms in total. The molecule has 6 aromatic carbocycles. The maximum atomic E-state index is 15.4. The number of carbonyl (C=O) groups is 3. The number of nitrogens with two attached hydrogens (primary N) is 2. The number of ether oxygens (including phenoxy) is 6. The Kier molecular flexibility index (Phi) is 20.5. The van der Waals surface area contributed by atoms with Gasteiger partial charge in [0.2, 0.25) is 0 Å².